The first-order chi connectivity index (χ1) is 19.6. The summed E-state index contributed by atoms with van der Waals surface area (Å²) in [5.74, 6) is 0.293. The summed E-state index contributed by atoms with van der Waals surface area (Å²) in [5, 5.41) is 9.65. The Morgan fingerprint density at radius 1 is 0.756 bits per heavy atom. The summed E-state index contributed by atoms with van der Waals surface area (Å²) in [6.07, 6.45) is 0.928. The van der Waals surface area contributed by atoms with Crippen LogP contribution in [0.1, 0.15) is 41.0 Å². The molecule has 3 N–H and O–H groups in total. The second-order valence-electron chi connectivity index (χ2n) is 10.1. The smallest absolute Gasteiger partial charge is 0.456 e. The lowest BCUT2D eigenvalue weighted by Crippen LogP contribution is -2.33. The van der Waals surface area contributed by atoms with E-state index in [9.17, 15) is 9.59 Å². The highest BCUT2D eigenvalue weighted by Crippen LogP contribution is 2.20. The zero-order valence-corrected chi connectivity index (χ0v) is 26.5. The second-order valence-corrected chi connectivity index (χ2v) is 17.0. The van der Waals surface area contributed by atoms with Crippen LogP contribution in [0.3, 0.4) is 0 Å². The Hall–Kier alpha value is -3.82. The maximum Gasteiger partial charge on any atom is 0.456 e. The van der Waals surface area contributed by atoms with E-state index < -0.39 is 17.4 Å². The van der Waals surface area contributed by atoms with Crippen LogP contribution in [0.25, 0.3) is 0 Å². The molecule has 0 unspecified atom stereocenters. The fraction of sp³-hybridized carbons (Fsp3) is 0.393. The average Bonchev–Trinajstić information content (AvgIpc) is 2.91. The van der Waals surface area contributed by atoms with Crippen molar-refractivity contribution >= 4 is 58.5 Å². The van der Waals surface area contributed by atoms with Gasteiger partial charge in [-0.1, -0.05) is 0 Å². The lowest BCUT2D eigenvalue weighted by molar-refractivity contribution is 0.0517. The quantitative estimate of drug-likeness (QED) is 0.109. The van der Waals surface area contributed by atoms with Gasteiger partial charge in [0, 0.05) is 17.9 Å². The molecule has 11 nitrogen and oxygen atoms in total. The molecule has 0 aliphatic carbocycles. The van der Waals surface area contributed by atoms with Crippen LogP contribution in [0.5, 0.6) is 0 Å². The summed E-state index contributed by atoms with van der Waals surface area (Å²) in [6.45, 7) is 13.7. The van der Waals surface area contributed by atoms with Gasteiger partial charge in [0.05, 0.1) is 36.9 Å². The van der Waals surface area contributed by atoms with Crippen molar-refractivity contribution in [2.45, 2.75) is 52.5 Å². The van der Waals surface area contributed by atoms with Gasteiger partial charge >= 0.3 is 21.0 Å². The van der Waals surface area contributed by atoms with E-state index >= 15 is 0 Å². The van der Waals surface area contributed by atoms with E-state index in [1.54, 1.807) is 62.4 Å². The van der Waals surface area contributed by atoms with Crippen LogP contribution in [0.2, 0.25) is 32.2 Å². The first-order valence-corrected chi connectivity index (χ1v) is 19.2. The minimum Gasteiger partial charge on any atom is -0.462 e. The molecule has 2 aromatic carbocycles. The van der Waals surface area contributed by atoms with Crippen molar-refractivity contribution in [1.82, 2.24) is 15.0 Å². The van der Waals surface area contributed by atoms with Crippen molar-refractivity contribution < 1.29 is 23.2 Å². The van der Waals surface area contributed by atoms with Gasteiger partial charge in [0.2, 0.25) is 26.2 Å². The summed E-state index contributed by atoms with van der Waals surface area (Å²) < 4.78 is 16.3. The second kappa shape index (κ2) is 15.3. The maximum atomic E-state index is 12.0. The first kappa shape index (κ1) is 31.7. The highest BCUT2D eigenvalue weighted by molar-refractivity contribution is 6.77. The summed E-state index contributed by atoms with van der Waals surface area (Å²) >= 11 is 0. The molecule has 3 aromatic rings. The fourth-order valence-corrected chi connectivity index (χ4v) is 9.01. The van der Waals surface area contributed by atoms with E-state index in [1.807, 2.05) is 0 Å². The topological polar surface area (TPSA) is 137 Å². The van der Waals surface area contributed by atoms with Gasteiger partial charge in [0.1, 0.15) is 0 Å². The van der Waals surface area contributed by atoms with Gasteiger partial charge < -0.3 is 25.4 Å². The number of anilines is 5. The monoisotopic (exact) mass is 595 g/mol. The molecule has 0 saturated heterocycles. The molecule has 0 aliphatic heterocycles. The SMILES string of the molecule is CCOC(=O)c1ccc(Nc2nc(NCCC[Si+](C)O[Si](C)(C)C)nc(Nc3ccc(C(=O)OCC)cc3)n2)cc1. The van der Waals surface area contributed by atoms with Gasteiger partial charge in [-0.2, -0.15) is 15.0 Å². The number of rotatable bonds is 15. The van der Waals surface area contributed by atoms with E-state index in [1.165, 1.54) is 0 Å². The van der Waals surface area contributed by atoms with Crippen molar-refractivity contribution in [2.24, 2.45) is 0 Å². The Balaban J connectivity index is 1.74. The minimum atomic E-state index is -1.54. The minimum absolute atomic E-state index is 0.312. The third kappa shape index (κ3) is 10.9. The normalized spacial score (nSPS) is 11.0. The number of aromatic nitrogens is 3. The molecule has 0 aliphatic rings. The van der Waals surface area contributed by atoms with Gasteiger partial charge in [-0.05, 0) is 88.4 Å². The van der Waals surface area contributed by atoms with Crippen molar-refractivity contribution in [3.05, 3.63) is 59.7 Å². The van der Waals surface area contributed by atoms with E-state index in [-0.39, 0.29) is 11.9 Å². The predicted octanol–water partition coefficient (Wildman–Crippen LogP) is 5.99. The van der Waals surface area contributed by atoms with E-state index in [2.05, 4.69) is 57.1 Å². The first-order valence-electron chi connectivity index (χ1n) is 13.7. The lowest BCUT2D eigenvalue weighted by Gasteiger charge is -2.13. The number of carbonyl (C=O) groups is 2. The molecule has 0 atom stereocenters. The molecule has 0 bridgehead atoms. The largest absolute Gasteiger partial charge is 0.462 e. The van der Waals surface area contributed by atoms with Crippen LogP contribution in [-0.2, 0) is 13.6 Å². The van der Waals surface area contributed by atoms with Crippen molar-refractivity contribution in [3.63, 3.8) is 0 Å². The number of nitrogens with zero attached hydrogens (tertiary/aromatic N) is 3. The molecule has 218 valence electrons. The van der Waals surface area contributed by atoms with Crippen molar-refractivity contribution in [3.8, 4) is 0 Å². The molecular formula is C28H39N6O5Si2+. The Morgan fingerprint density at radius 2 is 1.20 bits per heavy atom. The summed E-state index contributed by atoms with van der Waals surface area (Å²) in [6, 6.07) is 14.8. The van der Waals surface area contributed by atoms with Crippen LogP contribution in [0, 0.1) is 0 Å². The van der Waals surface area contributed by atoms with E-state index in [4.69, 9.17) is 13.6 Å². The average molecular weight is 596 g/mol. The number of hydrogen-bond acceptors (Lipinski definition) is 11. The van der Waals surface area contributed by atoms with Crippen LogP contribution in [0.15, 0.2) is 48.5 Å². The summed E-state index contributed by atoms with van der Waals surface area (Å²) in [4.78, 5) is 37.6. The number of carbonyl (C=O) groups excluding carboxylic acids is 2. The third-order valence-electron chi connectivity index (χ3n) is 5.41. The summed E-state index contributed by atoms with van der Waals surface area (Å²) in [5.41, 5.74) is 2.31. The molecule has 0 saturated carbocycles. The van der Waals surface area contributed by atoms with Crippen molar-refractivity contribution in [2.75, 3.05) is 35.7 Å². The Kier molecular flexibility index (Phi) is 11.8. The van der Waals surface area contributed by atoms with Crippen LogP contribution >= 0.6 is 0 Å². The van der Waals surface area contributed by atoms with Crippen LogP contribution < -0.4 is 16.0 Å². The number of esters is 2. The highest BCUT2D eigenvalue weighted by Gasteiger charge is 2.30. The molecule has 0 amide bonds. The molecule has 0 radical (unpaired) electrons. The standard InChI is InChI=1S/C28H38N6O5Si2/c1-7-37-24(35)20-10-14-22(15-11-20)30-27-32-26(29-18-9-19-40(3)39-41(4,5)6)33-28(34-27)31-23-16-12-21(13-17-23)25(36)38-8-2/h10-17H,7-9,18-19H2,1-6H3,(H2-,29,30,31,32,33,34,35,36)/p+1. The predicted molar refractivity (Wildman–Crippen MR) is 165 cm³/mol. The van der Waals surface area contributed by atoms with Crippen LogP contribution in [-0.4, -0.2) is 64.0 Å². The molecule has 1 heterocycles. The number of ether oxygens (including phenoxy) is 2. The van der Waals surface area contributed by atoms with Gasteiger partial charge in [0.25, 0.3) is 0 Å². The van der Waals surface area contributed by atoms with Crippen molar-refractivity contribution in [1.29, 1.82) is 0 Å². The molecule has 41 heavy (non-hydrogen) atoms. The fourth-order valence-electron chi connectivity index (χ4n) is 3.74. The zero-order chi connectivity index (χ0) is 29.8. The zero-order valence-electron chi connectivity index (χ0n) is 24.5. The molecule has 13 heteroatoms. The molecule has 1 aromatic heterocycles. The molecule has 3 rings (SSSR count). The van der Waals surface area contributed by atoms with E-state index in [0.29, 0.717) is 60.1 Å². The van der Waals surface area contributed by atoms with E-state index in [0.717, 1.165) is 12.5 Å². The van der Waals surface area contributed by atoms with Crippen LogP contribution in [0.4, 0.5) is 29.2 Å². The molecule has 0 spiro atoms. The van der Waals surface area contributed by atoms with Gasteiger partial charge in [0.15, 0.2) is 0 Å². The Labute approximate surface area is 244 Å². The van der Waals surface area contributed by atoms with Gasteiger partial charge in [-0.3, -0.25) is 4.12 Å². The van der Waals surface area contributed by atoms with Gasteiger partial charge in [-0.25, -0.2) is 9.59 Å². The highest BCUT2D eigenvalue weighted by atomic mass is 28.4. The molecular weight excluding hydrogens is 557 g/mol. The molecule has 0 fully saturated rings. The number of hydrogen-bond donors (Lipinski definition) is 3. The Morgan fingerprint density at radius 3 is 1.61 bits per heavy atom. The maximum absolute atomic E-state index is 12.0. The lowest BCUT2D eigenvalue weighted by atomic mass is 10.2. The Bertz CT molecular complexity index is 1200. The third-order valence-corrected chi connectivity index (χ3v) is 10.3. The summed E-state index contributed by atoms with van der Waals surface area (Å²) in [7, 11) is -2.38. The number of benzene rings is 2. The number of nitrogens with one attached hydrogen (secondary N) is 3. The van der Waals surface area contributed by atoms with Gasteiger partial charge in [-0.15, -0.1) is 0 Å².